The molecule has 0 radical (unpaired) electrons. The first-order chi connectivity index (χ1) is 14.8. The molecule has 4 aliphatic rings. The fourth-order valence-corrected chi connectivity index (χ4v) is 5.81. The van der Waals surface area contributed by atoms with E-state index < -0.39 is 48.2 Å². The normalized spacial score (nSPS) is 42.0. The summed E-state index contributed by atoms with van der Waals surface area (Å²) < 4.78 is 34.6. The molecular formula is C22H26F2N4O3. The number of carbonyl (C=O) groups is 2. The van der Waals surface area contributed by atoms with Gasteiger partial charge in [-0.15, -0.1) is 0 Å². The first kappa shape index (κ1) is 21.7. The lowest BCUT2D eigenvalue weighted by molar-refractivity contribution is -0.125. The quantitative estimate of drug-likeness (QED) is 0.706. The van der Waals surface area contributed by atoms with Crippen LogP contribution in [0, 0.1) is 46.3 Å². The third-order valence-electron chi connectivity index (χ3n) is 7.37. The van der Waals surface area contributed by atoms with Gasteiger partial charge in [0.2, 0.25) is 11.8 Å². The van der Waals surface area contributed by atoms with Gasteiger partial charge in [-0.3, -0.25) is 9.59 Å². The molecule has 2 amide bonds. The first-order valence-corrected chi connectivity index (χ1v) is 10.8. The van der Waals surface area contributed by atoms with Crippen LogP contribution >= 0.6 is 0 Å². The zero-order chi connectivity index (χ0) is 22.3. The van der Waals surface area contributed by atoms with Gasteiger partial charge in [0.1, 0.15) is 12.3 Å². The van der Waals surface area contributed by atoms with Crippen LogP contribution in [0.1, 0.15) is 39.0 Å². The van der Waals surface area contributed by atoms with Crippen molar-refractivity contribution in [2.45, 2.75) is 69.6 Å². The number of carbonyl (C=O) groups excluding carboxylic acids is 2. The third kappa shape index (κ3) is 3.92. The van der Waals surface area contributed by atoms with Gasteiger partial charge >= 0.3 is 0 Å². The molecule has 8 unspecified atom stereocenters. The molecule has 3 fully saturated rings. The lowest BCUT2D eigenvalue weighted by atomic mass is 9.69. The minimum atomic E-state index is -1.26. The SMILES string of the molecule is CC1=C(CC(=O)N[C@@H]2COC3CC(C#N)CC(F)C32)C(=O)NC2CCC(F)C(C#N)C12. The standard InChI is InChI=1S/C22H26F2N4O3/c1-10-12(22(30)28-16-3-2-14(23)13(8-26)20(10)16)6-19(29)27-17-9-31-18-5-11(7-25)4-15(24)21(17)18/h11,13-18,20-21H,2-6,9H2,1H3,(H,27,29)(H,28,30)/t11?,13?,14?,15?,16?,17-,18?,20?,21?/m1/s1. The lowest BCUT2D eigenvalue weighted by Crippen LogP contribution is -2.53. The summed E-state index contributed by atoms with van der Waals surface area (Å²) in [7, 11) is 0. The molecule has 9 heteroatoms. The maximum atomic E-state index is 14.6. The number of nitrogens with one attached hydrogen (secondary N) is 2. The van der Waals surface area contributed by atoms with Crippen molar-refractivity contribution >= 4 is 11.8 Å². The molecule has 0 spiro atoms. The zero-order valence-electron chi connectivity index (χ0n) is 17.3. The van der Waals surface area contributed by atoms with Gasteiger partial charge in [-0.1, -0.05) is 5.57 Å². The average Bonchev–Trinajstić information content (AvgIpc) is 3.14. The average molecular weight is 432 g/mol. The van der Waals surface area contributed by atoms with Crippen LogP contribution in [0.15, 0.2) is 11.1 Å². The second-order valence-electron chi connectivity index (χ2n) is 9.13. The van der Waals surface area contributed by atoms with E-state index in [1.807, 2.05) is 6.07 Å². The Morgan fingerprint density at radius 1 is 1.23 bits per heavy atom. The van der Waals surface area contributed by atoms with Crippen LogP contribution in [0.3, 0.4) is 0 Å². The van der Waals surface area contributed by atoms with E-state index >= 15 is 0 Å². The molecule has 1 saturated heterocycles. The molecule has 31 heavy (non-hydrogen) atoms. The molecule has 9 atom stereocenters. The second-order valence-corrected chi connectivity index (χ2v) is 9.13. The number of hydrogen-bond donors (Lipinski definition) is 2. The Bertz CT molecular complexity index is 879. The molecule has 2 aliphatic heterocycles. The maximum absolute atomic E-state index is 14.6. The van der Waals surface area contributed by atoms with E-state index in [2.05, 4.69) is 16.7 Å². The molecule has 0 aromatic rings. The highest BCUT2D eigenvalue weighted by molar-refractivity contribution is 6.00. The molecule has 0 bridgehead atoms. The molecule has 166 valence electrons. The Balaban J connectivity index is 1.46. The molecule has 2 N–H and O–H groups in total. The van der Waals surface area contributed by atoms with Gasteiger partial charge < -0.3 is 15.4 Å². The Kier molecular flexibility index (Phi) is 5.98. The van der Waals surface area contributed by atoms with Gasteiger partial charge in [0.05, 0.1) is 49.1 Å². The molecule has 0 aromatic carbocycles. The van der Waals surface area contributed by atoms with Crippen molar-refractivity contribution in [3.05, 3.63) is 11.1 Å². The highest BCUT2D eigenvalue weighted by atomic mass is 19.1. The highest BCUT2D eigenvalue weighted by Gasteiger charge is 2.49. The van der Waals surface area contributed by atoms with Crippen molar-refractivity contribution in [2.75, 3.05) is 6.61 Å². The smallest absolute Gasteiger partial charge is 0.247 e. The van der Waals surface area contributed by atoms with E-state index in [-0.39, 0.29) is 49.3 Å². The van der Waals surface area contributed by atoms with E-state index in [1.165, 1.54) is 0 Å². The summed E-state index contributed by atoms with van der Waals surface area (Å²) in [5.74, 6) is -3.02. The number of amides is 2. The third-order valence-corrected chi connectivity index (χ3v) is 7.37. The highest BCUT2D eigenvalue weighted by Crippen LogP contribution is 2.41. The Hall–Kier alpha value is -2.52. The van der Waals surface area contributed by atoms with E-state index in [1.54, 1.807) is 6.92 Å². The number of fused-ring (bicyclic) bond motifs is 2. The Morgan fingerprint density at radius 2 is 2.00 bits per heavy atom. The van der Waals surface area contributed by atoms with Gasteiger partial charge in [-0.2, -0.15) is 10.5 Å². The molecule has 2 heterocycles. The number of halogens is 2. The maximum Gasteiger partial charge on any atom is 0.247 e. The van der Waals surface area contributed by atoms with Crippen molar-refractivity contribution in [2.24, 2.45) is 23.7 Å². The summed E-state index contributed by atoms with van der Waals surface area (Å²) in [5, 5.41) is 24.2. The van der Waals surface area contributed by atoms with Gasteiger partial charge in [0.15, 0.2) is 0 Å². The Labute approximate surface area is 179 Å². The van der Waals surface area contributed by atoms with Crippen LogP contribution in [0.4, 0.5) is 8.78 Å². The van der Waals surface area contributed by atoms with Gasteiger partial charge in [-0.05, 0) is 32.6 Å². The van der Waals surface area contributed by atoms with Crippen LogP contribution in [0.5, 0.6) is 0 Å². The van der Waals surface area contributed by atoms with Crippen LogP contribution in [0.2, 0.25) is 0 Å². The molecule has 4 rings (SSSR count). The summed E-state index contributed by atoms with van der Waals surface area (Å²) >= 11 is 0. The predicted octanol–water partition coefficient (Wildman–Crippen LogP) is 1.85. The number of rotatable bonds is 3. The van der Waals surface area contributed by atoms with Gasteiger partial charge in [0.25, 0.3) is 0 Å². The minimum Gasteiger partial charge on any atom is -0.376 e. The van der Waals surface area contributed by atoms with Crippen molar-refractivity contribution < 1.29 is 23.1 Å². The van der Waals surface area contributed by atoms with Crippen LogP contribution in [-0.4, -0.2) is 49.0 Å². The van der Waals surface area contributed by atoms with Crippen molar-refractivity contribution in [1.82, 2.24) is 10.6 Å². The van der Waals surface area contributed by atoms with Crippen molar-refractivity contribution in [3.8, 4) is 12.1 Å². The molecule has 7 nitrogen and oxygen atoms in total. The summed E-state index contributed by atoms with van der Waals surface area (Å²) in [6, 6.07) is 3.30. The molecule has 2 aliphatic carbocycles. The number of hydrogen-bond acceptors (Lipinski definition) is 5. The van der Waals surface area contributed by atoms with Crippen LogP contribution in [0.25, 0.3) is 0 Å². The van der Waals surface area contributed by atoms with E-state index in [0.29, 0.717) is 18.4 Å². The minimum absolute atomic E-state index is 0.128. The van der Waals surface area contributed by atoms with Crippen LogP contribution < -0.4 is 10.6 Å². The predicted molar refractivity (Wildman–Crippen MR) is 104 cm³/mol. The number of nitriles is 2. The summed E-state index contributed by atoms with van der Waals surface area (Å²) in [6.45, 7) is 1.85. The topological polar surface area (TPSA) is 115 Å². The number of nitrogens with zero attached hydrogens (tertiary/aromatic N) is 2. The van der Waals surface area contributed by atoms with Crippen molar-refractivity contribution in [3.63, 3.8) is 0 Å². The fourth-order valence-electron chi connectivity index (χ4n) is 5.81. The second kappa shape index (κ2) is 8.55. The van der Waals surface area contributed by atoms with Gasteiger partial charge in [0, 0.05) is 23.5 Å². The summed E-state index contributed by atoms with van der Waals surface area (Å²) in [4.78, 5) is 25.4. The van der Waals surface area contributed by atoms with E-state index in [4.69, 9.17) is 10.00 Å². The monoisotopic (exact) mass is 432 g/mol. The molecule has 2 saturated carbocycles. The molecule has 0 aromatic heterocycles. The van der Waals surface area contributed by atoms with Crippen molar-refractivity contribution in [1.29, 1.82) is 10.5 Å². The van der Waals surface area contributed by atoms with E-state index in [9.17, 15) is 23.6 Å². The zero-order valence-corrected chi connectivity index (χ0v) is 17.3. The molecular weight excluding hydrogens is 406 g/mol. The summed E-state index contributed by atoms with van der Waals surface area (Å²) in [5.41, 5.74) is 0.824. The Morgan fingerprint density at radius 3 is 2.71 bits per heavy atom. The van der Waals surface area contributed by atoms with Gasteiger partial charge in [-0.25, -0.2) is 8.78 Å². The largest absolute Gasteiger partial charge is 0.376 e. The van der Waals surface area contributed by atoms with Crippen LogP contribution in [-0.2, 0) is 14.3 Å². The summed E-state index contributed by atoms with van der Waals surface area (Å²) in [6.07, 6.45) is -1.87. The fraction of sp³-hybridized carbons (Fsp3) is 0.727. The lowest BCUT2D eigenvalue weighted by Gasteiger charge is -2.42. The number of alkyl halides is 2. The first-order valence-electron chi connectivity index (χ1n) is 10.8. The van der Waals surface area contributed by atoms with E-state index in [0.717, 1.165) is 0 Å². The number of ether oxygens (including phenoxy) is 1.